The molecule has 0 bridgehead atoms. The van der Waals surface area contributed by atoms with Gasteiger partial charge in [-0.3, -0.25) is 4.79 Å². The molecule has 1 heterocycles. The van der Waals surface area contributed by atoms with E-state index in [0.29, 0.717) is 12.3 Å². The average molecular weight is 436 g/mol. The smallest absolute Gasteiger partial charge is 0.258 e. The van der Waals surface area contributed by atoms with Crippen LogP contribution < -0.4 is 15.0 Å². The van der Waals surface area contributed by atoms with Gasteiger partial charge in [0.2, 0.25) is 0 Å². The van der Waals surface area contributed by atoms with Crippen molar-refractivity contribution in [3.05, 3.63) is 57.7 Å². The van der Waals surface area contributed by atoms with Crippen LogP contribution in [0.4, 0.5) is 5.69 Å². The molecule has 0 saturated carbocycles. The van der Waals surface area contributed by atoms with Crippen LogP contribution in [0, 0.1) is 3.57 Å². The third-order valence-corrected chi connectivity index (χ3v) is 4.80. The maximum absolute atomic E-state index is 11.9. The predicted molar refractivity (Wildman–Crippen MR) is 104 cm³/mol. The Morgan fingerprint density at radius 2 is 1.71 bits per heavy atom. The van der Waals surface area contributed by atoms with Gasteiger partial charge >= 0.3 is 0 Å². The van der Waals surface area contributed by atoms with E-state index in [-0.39, 0.29) is 12.5 Å². The molecule has 0 atom stereocenters. The summed E-state index contributed by atoms with van der Waals surface area (Å²) >= 11 is 2.23. The Balaban J connectivity index is 1.43. The highest BCUT2D eigenvalue weighted by Crippen LogP contribution is 2.20. The number of rotatable bonds is 6. The lowest BCUT2D eigenvalue weighted by molar-refractivity contribution is -0.123. The number of nitrogens with one attached hydrogen (secondary N) is 1. The van der Waals surface area contributed by atoms with E-state index in [4.69, 9.17) is 4.74 Å². The molecule has 0 radical (unpaired) electrons. The Labute approximate surface area is 156 Å². The number of hydrogen-bond acceptors (Lipinski definition) is 3. The number of anilines is 1. The lowest BCUT2D eigenvalue weighted by Gasteiger charge is -2.17. The Morgan fingerprint density at radius 1 is 1.04 bits per heavy atom. The third-order valence-electron chi connectivity index (χ3n) is 4.08. The lowest BCUT2D eigenvalue weighted by atomic mass is 10.2. The number of nitrogens with zero attached hydrogens (tertiary/aromatic N) is 1. The molecule has 1 aliphatic heterocycles. The molecule has 5 heteroatoms. The minimum Gasteiger partial charge on any atom is -0.484 e. The second-order valence-corrected chi connectivity index (χ2v) is 7.13. The first kappa shape index (κ1) is 17.1. The van der Waals surface area contributed by atoms with Gasteiger partial charge in [0.05, 0.1) is 0 Å². The van der Waals surface area contributed by atoms with Crippen molar-refractivity contribution in [2.24, 2.45) is 0 Å². The van der Waals surface area contributed by atoms with E-state index in [1.807, 2.05) is 24.3 Å². The monoisotopic (exact) mass is 436 g/mol. The van der Waals surface area contributed by atoms with Crippen molar-refractivity contribution in [3.63, 3.8) is 0 Å². The normalized spacial score (nSPS) is 13.8. The number of carbonyl (C=O) groups excluding carboxylic acids is 1. The minimum absolute atomic E-state index is 0.0342. The summed E-state index contributed by atoms with van der Waals surface area (Å²) < 4.78 is 6.62. The standard InChI is InChI=1S/C19H21IN2O2/c20-16-5-9-18(10-6-16)24-14-19(23)21-13-15-3-7-17(8-4-15)22-11-1-2-12-22/h3-10H,1-2,11-14H2,(H,21,23). The van der Waals surface area contributed by atoms with Crippen molar-refractivity contribution in [1.29, 1.82) is 0 Å². The summed E-state index contributed by atoms with van der Waals surface area (Å²) in [5.41, 5.74) is 2.37. The number of ether oxygens (including phenoxy) is 1. The fourth-order valence-electron chi connectivity index (χ4n) is 2.73. The topological polar surface area (TPSA) is 41.6 Å². The van der Waals surface area contributed by atoms with Gasteiger partial charge in [-0.25, -0.2) is 0 Å². The van der Waals surface area contributed by atoms with E-state index in [1.165, 1.54) is 18.5 Å². The highest BCUT2D eigenvalue weighted by atomic mass is 127. The maximum atomic E-state index is 11.9. The predicted octanol–water partition coefficient (Wildman–Crippen LogP) is 3.59. The molecule has 0 aliphatic carbocycles. The van der Waals surface area contributed by atoms with Gasteiger partial charge in [-0.15, -0.1) is 0 Å². The van der Waals surface area contributed by atoms with Gasteiger partial charge < -0.3 is 15.0 Å². The molecular formula is C19H21IN2O2. The molecule has 1 N–H and O–H groups in total. The van der Waals surface area contributed by atoms with Crippen molar-refractivity contribution < 1.29 is 9.53 Å². The van der Waals surface area contributed by atoms with Crippen molar-refractivity contribution in [2.75, 3.05) is 24.6 Å². The van der Waals surface area contributed by atoms with Gasteiger partial charge in [-0.2, -0.15) is 0 Å². The fraction of sp³-hybridized carbons (Fsp3) is 0.316. The second-order valence-electron chi connectivity index (χ2n) is 5.88. The third kappa shape index (κ3) is 4.87. The molecule has 2 aromatic rings. The van der Waals surface area contributed by atoms with Gasteiger partial charge in [0.1, 0.15) is 5.75 Å². The summed E-state index contributed by atoms with van der Waals surface area (Å²) in [6, 6.07) is 16.1. The summed E-state index contributed by atoms with van der Waals surface area (Å²) in [4.78, 5) is 14.3. The summed E-state index contributed by atoms with van der Waals surface area (Å²) in [6.07, 6.45) is 2.55. The summed E-state index contributed by atoms with van der Waals surface area (Å²) in [5, 5.41) is 2.89. The highest BCUT2D eigenvalue weighted by molar-refractivity contribution is 14.1. The Hall–Kier alpha value is -1.76. The number of hydrogen-bond donors (Lipinski definition) is 1. The zero-order valence-electron chi connectivity index (χ0n) is 13.5. The van der Waals surface area contributed by atoms with Crippen molar-refractivity contribution in [1.82, 2.24) is 5.32 Å². The molecule has 0 unspecified atom stereocenters. The summed E-state index contributed by atoms with van der Waals surface area (Å²) in [7, 11) is 0. The van der Waals surface area contributed by atoms with Crippen LogP contribution in [0.2, 0.25) is 0 Å². The van der Waals surface area contributed by atoms with Crippen molar-refractivity contribution in [3.8, 4) is 5.75 Å². The molecule has 0 aromatic heterocycles. The first-order valence-corrected chi connectivity index (χ1v) is 9.27. The van der Waals surface area contributed by atoms with Crippen LogP contribution in [-0.4, -0.2) is 25.6 Å². The number of halogens is 1. The zero-order chi connectivity index (χ0) is 16.8. The lowest BCUT2D eigenvalue weighted by Crippen LogP contribution is -2.28. The van der Waals surface area contributed by atoms with Crippen LogP contribution in [0.1, 0.15) is 18.4 Å². The van der Waals surface area contributed by atoms with Crippen LogP contribution in [0.15, 0.2) is 48.5 Å². The maximum Gasteiger partial charge on any atom is 0.258 e. The van der Waals surface area contributed by atoms with Gasteiger partial charge in [-0.1, -0.05) is 12.1 Å². The molecule has 1 amide bonds. The van der Waals surface area contributed by atoms with Crippen LogP contribution in [-0.2, 0) is 11.3 Å². The summed E-state index contributed by atoms with van der Waals surface area (Å²) in [5.74, 6) is 0.595. The molecule has 0 spiro atoms. The summed E-state index contributed by atoms with van der Waals surface area (Å²) in [6.45, 7) is 2.85. The Kier molecular flexibility index (Phi) is 5.96. The molecule has 3 rings (SSSR count). The molecular weight excluding hydrogens is 415 g/mol. The van der Waals surface area contributed by atoms with Gasteiger partial charge in [0, 0.05) is 28.9 Å². The molecule has 4 nitrogen and oxygen atoms in total. The first-order valence-electron chi connectivity index (χ1n) is 8.20. The largest absolute Gasteiger partial charge is 0.484 e. The van der Waals surface area contributed by atoms with E-state index in [9.17, 15) is 4.79 Å². The SMILES string of the molecule is O=C(COc1ccc(I)cc1)NCc1ccc(N2CCCC2)cc1. The second kappa shape index (κ2) is 8.37. The number of amides is 1. The molecule has 126 valence electrons. The average Bonchev–Trinajstić information content (AvgIpc) is 3.14. The molecule has 1 fully saturated rings. The van der Waals surface area contributed by atoms with Crippen LogP contribution in [0.5, 0.6) is 5.75 Å². The zero-order valence-corrected chi connectivity index (χ0v) is 15.7. The highest BCUT2D eigenvalue weighted by Gasteiger charge is 2.11. The molecule has 24 heavy (non-hydrogen) atoms. The van der Waals surface area contributed by atoms with Crippen LogP contribution in [0.25, 0.3) is 0 Å². The number of benzene rings is 2. The van der Waals surface area contributed by atoms with Crippen molar-refractivity contribution in [2.45, 2.75) is 19.4 Å². The Morgan fingerprint density at radius 3 is 2.38 bits per heavy atom. The van der Waals surface area contributed by atoms with E-state index in [0.717, 1.165) is 22.2 Å². The van der Waals surface area contributed by atoms with E-state index >= 15 is 0 Å². The van der Waals surface area contributed by atoms with E-state index in [1.54, 1.807) is 0 Å². The molecule has 1 saturated heterocycles. The van der Waals surface area contributed by atoms with Gasteiger partial charge in [-0.05, 0) is 77.4 Å². The van der Waals surface area contributed by atoms with E-state index in [2.05, 4.69) is 57.1 Å². The van der Waals surface area contributed by atoms with E-state index < -0.39 is 0 Å². The first-order chi connectivity index (χ1) is 11.7. The fourth-order valence-corrected chi connectivity index (χ4v) is 3.09. The van der Waals surface area contributed by atoms with Gasteiger partial charge in [0.25, 0.3) is 5.91 Å². The van der Waals surface area contributed by atoms with Crippen LogP contribution in [0.3, 0.4) is 0 Å². The van der Waals surface area contributed by atoms with Crippen LogP contribution >= 0.6 is 22.6 Å². The Bertz CT molecular complexity index is 665. The minimum atomic E-state index is -0.114. The molecule has 2 aromatic carbocycles. The van der Waals surface area contributed by atoms with Gasteiger partial charge in [0.15, 0.2) is 6.61 Å². The molecule has 1 aliphatic rings. The quantitative estimate of drug-likeness (QED) is 0.704. The number of carbonyl (C=O) groups is 1. The van der Waals surface area contributed by atoms with Crippen molar-refractivity contribution >= 4 is 34.2 Å².